The second kappa shape index (κ2) is 7.80. The SMILES string of the molecule is CS(=O)(=O)Nc1ccccc1CC(=O)N1CCCC1c1cccc(Br)c1. The highest BCUT2D eigenvalue weighted by atomic mass is 79.9. The first kappa shape index (κ1) is 18.9. The van der Waals surface area contributed by atoms with Crippen molar-refractivity contribution >= 4 is 37.5 Å². The van der Waals surface area contributed by atoms with Crippen LogP contribution in [0.25, 0.3) is 0 Å². The van der Waals surface area contributed by atoms with Crippen molar-refractivity contribution in [3.8, 4) is 0 Å². The van der Waals surface area contributed by atoms with Gasteiger partial charge in [-0.1, -0.05) is 46.3 Å². The van der Waals surface area contributed by atoms with E-state index >= 15 is 0 Å². The molecular formula is C19H21BrN2O3S. The molecule has 0 spiro atoms. The summed E-state index contributed by atoms with van der Waals surface area (Å²) in [5.74, 6) is 0.00947. The molecule has 1 aliphatic rings. The molecule has 2 aromatic rings. The molecule has 3 rings (SSSR count). The summed E-state index contributed by atoms with van der Waals surface area (Å²) < 4.78 is 26.6. The summed E-state index contributed by atoms with van der Waals surface area (Å²) in [6, 6.07) is 15.1. The summed E-state index contributed by atoms with van der Waals surface area (Å²) in [5, 5.41) is 0. The molecular weight excluding hydrogens is 416 g/mol. The van der Waals surface area contributed by atoms with E-state index in [-0.39, 0.29) is 18.4 Å². The minimum Gasteiger partial charge on any atom is -0.335 e. The average molecular weight is 437 g/mol. The lowest BCUT2D eigenvalue weighted by Crippen LogP contribution is -2.32. The van der Waals surface area contributed by atoms with Crippen LogP contribution >= 0.6 is 15.9 Å². The van der Waals surface area contributed by atoms with Crippen LogP contribution in [-0.2, 0) is 21.2 Å². The van der Waals surface area contributed by atoms with E-state index in [0.29, 0.717) is 11.3 Å². The Balaban J connectivity index is 1.80. The smallest absolute Gasteiger partial charge is 0.229 e. The van der Waals surface area contributed by atoms with Crippen LogP contribution in [0.2, 0.25) is 0 Å². The highest BCUT2D eigenvalue weighted by Crippen LogP contribution is 2.34. The zero-order valence-electron chi connectivity index (χ0n) is 14.5. The number of amides is 1. The lowest BCUT2D eigenvalue weighted by molar-refractivity contribution is -0.131. The van der Waals surface area contributed by atoms with Gasteiger partial charge in [-0.2, -0.15) is 0 Å². The van der Waals surface area contributed by atoms with Crippen molar-refractivity contribution < 1.29 is 13.2 Å². The molecule has 138 valence electrons. The predicted octanol–water partition coefficient (Wildman–Crippen LogP) is 3.73. The number of para-hydroxylation sites is 1. The molecule has 1 fully saturated rings. The van der Waals surface area contributed by atoms with E-state index in [2.05, 4.69) is 26.7 Å². The second-order valence-electron chi connectivity index (χ2n) is 6.51. The third kappa shape index (κ3) is 4.65. The summed E-state index contributed by atoms with van der Waals surface area (Å²) in [5.41, 5.74) is 2.26. The van der Waals surface area contributed by atoms with Crippen LogP contribution in [0.3, 0.4) is 0 Å². The average Bonchev–Trinajstić information content (AvgIpc) is 3.05. The summed E-state index contributed by atoms with van der Waals surface area (Å²) >= 11 is 3.49. The molecule has 1 unspecified atom stereocenters. The quantitative estimate of drug-likeness (QED) is 0.776. The second-order valence-corrected chi connectivity index (χ2v) is 9.17. The van der Waals surface area contributed by atoms with E-state index in [9.17, 15) is 13.2 Å². The van der Waals surface area contributed by atoms with Gasteiger partial charge in [-0.15, -0.1) is 0 Å². The van der Waals surface area contributed by atoms with Crippen LogP contribution in [0.1, 0.15) is 30.0 Å². The molecule has 1 aliphatic heterocycles. The molecule has 2 aromatic carbocycles. The van der Waals surface area contributed by atoms with Crippen molar-refractivity contribution in [1.82, 2.24) is 4.90 Å². The van der Waals surface area contributed by atoms with E-state index in [1.165, 1.54) is 0 Å². The number of rotatable bonds is 5. The monoisotopic (exact) mass is 436 g/mol. The van der Waals surface area contributed by atoms with E-state index in [1.807, 2.05) is 29.2 Å². The summed E-state index contributed by atoms with van der Waals surface area (Å²) in [4.78, 5) is 14.8. The Hall–Kier alpha value is -1.86. The Labute approximate surface area is 162 Å². The molecule has 5 nitrogen and oxygen atoms in total. The molecule has 0 saturated carbocycles. The summed E-state index contributed by atoms with van der Waals surface area (Å²) in [6.45, 7) is 0.720. The molecule has 7 heteroatoms. The van der Waals surface area contributed by atoms with Gasteiger partial charge in [-0.05, 0) is 42.2 Å². The van der Waals surface area contributed by atoms with Crippen molar-refractivity contribution in [2.75, 3.05) is 17.5 Å². The maximum atomic E-state index is 12.9. The molecule has 0 aliphatic carbocycles. The van der Waals surface area contributed by atoms with Crippen LogP contribution in [0, 0.1) is 0 Å². The number of sulfonamides is 1. The zero-order valence-corrected chi connectivity index (χ0v) is 16.9. The van der Waals surface area contributed by atoms with Crippen molar-refractivity contribution in [2.24, 2.45) is 0 Å². The third-order valence-corrected chi connectivity index (χ3v) is 5.54. The molecule has 1 N–H and O–H groups in total. The van der Waals surface area contributed by atoms with Gasteiger partial charge in [0.25, 0.3) is 0 Å². The molecule has 1 heterocycles. The van der Waals surface area contributed by atoms with Gasteiger partial charge < -0.3 is 4.90 Å². The number of nitrogens with zero attached hydrogens (tertiary/aromatic N) is 1. The van der Waals surface area contributed by atoms with Crippen molar-refractivity contribution in [3.63, 3.8) is 0 Å². The van der Waals surface area contributed by atoms with Crippen molar-refractivity contribution in [1.29, 1.82) is 0 Å². The van der Waals surface area contributed by atoms with Crippen LogP contribution in [0.4, 0.5) is 5.69 Å². The standard InChI is InChI=1S/C19H21BrN2O3S/c1-26(24,25)21-17-9-3-2-6-14(17)13-19(23)22-11-5-10-18(22)15-7-4-8-16(20)12-15/h2-4,6-9,12,18,21H,5,10-11,13H2,1H3. The van der Waals surface area contributed by atoms with Crippen LogP contribution in [-0.4, -0.2) is 32.0 Å². The normalized spacial score (nSPS) is 17.3. The van der Waals surface area contributed by atoms with Gasteiger partial charge in [0.1, 0.15) is 0 Å². The number of carbonyl (C=O) groups is 1. The fourth-order valence-electron chi connectivity index (χ4n) is 3.36. The Kier molecular flexibility index (Phi) is 5.67. The zero-order chi connectivity index (χ0) is 18.7. The number of halogens is 1. The fraction of sp³-hybridized carbons (Fsp3) is 0.316. The summed E-state index contributed by atoms with van der Waals surface area (Å²) in [6.07, 6.45) is 3.18. The molecule has 0 aromatic heterocycles. The van der Waals surface area contributed by atoms with Crippen LogP contribution in [0.5, 0.6) is 0 Å². The van der Waals surface area contributed by atoms with Crippen LogP contribution in [0.15, 0.2) is 53.0 Å². The maximum Gasteiger partial charge on any atom is 0.229 e. The van der Waals surface area contributed by atoms with Crippen molar-refractivity contribution in [3.05, 3.63) is 64.1 Å². The van der Waals surface area contributed by atoms with Gasteiger partial charge in [-0.3, -0.25) is 9.52 Å². The van der Waals surface area contributed by atoms with E-state index < -0.39 is 10.0 Å². The molecule has 0 bridgehead atoms. The highest BCUT2D eigenvalue weighted by molar-refractivity contribution is 9.10. The maximum absolute atomic E-state index is 12.9. The highest BCUT2D eigenvalue weighted by Gasteiger charge is 2.30. The number of benzene rings is 2. The Morgan fingerprint density at radius 1 is 1.23 bits per heavy atom. The lowest BCUT2D eigenvalue weighted by Gasteiger charge is -2.26. The van der Waals surface area contributed by atoms with E-state index in [4.69, 9.17) is 0 Å². The Bertz CT molecular complexity index is 915. The number of hydrogen-bond donors (Lipinski definition) is 1. The molecule has 26 heavy (non-hydrogen) atoms. The van der Waals surface area contributed by atoms with Gasteiger partial charge in [0.05, 0.1) is 24.4 Å². The van der Waals surface area contributed by atoms with Gasteiger partial charge >= 0.3 is 0 Å². The fourth-order valence-corrected chi connectivity index (χ4v) is 4.38. The van der Waals surface area contributed by atoms with Gasteiger partial charge in [0.2, 0.25) is 15.9 Å². The van der Waals surface area contributed by atoms with Crippen molar-refractivity contribution in [2.45, 2.75) is 25.3 Å². The first-order chi connectivity index (χ1) is 12.3. The van der Waals surface area contributed by atoms with Crippen LogP contribution < -0.4 is 4.72 Å². The number of anilines is 1. The predicted molar refractivity (Wildman–Crippen MR) is 106 cm³/mol. The first-order valence-electron chi connectivity index (χ1n) is 8.44. The Morgan fingerprint density at radius 3 is 2.73 bits per heavy atom. The topological polar surface area (TPSA) is 66.5 Å². The largest absolute Gasteiger partial charge is 0.335 e. The van der Waals surface area contributed by atoms with E-state index in [1.54, 1.807) is 18.2 Å². The van der Waals surface area contributed by atoms with E-state index in [0.717, 1.165) is 35.7 Å². The first-order valence-corrected chi connectivity index (χ1v) is 11.1. The van der Waals surface area contributed by atoms with Gasteiger partial charge in [0, 0.05) is 11.0 Å². The third-order valence-electron chi connectivity index (χ3n) is 4.46. The van der Waals surface area contributed by atoms with Gasteiger partial charge in [0.15, 0.2) is 0 Å². The minimum absolute atomic E-state index is 0.00947. The molecule has 1 amide bonds. The van der Waals surface area contributed by atoms with Gasteiger partial charge in [-0.25, -0.2) is 8.42 Å². The minimum atomic E-state index is -3.39. The Morgan fingerprint density at radius 2 is 2.00 bits per heavy atom. The number of hydrogen-bond acceptors (Lipinski definition) is 3. The number of likely N-dealkylation sites (tertiary alicyclic amines) is 1. The summed E-state index contributed by atoms with van der Waals surface area (Å²) in [7, 11) is -3.39. The number of carbonyl (C=O) groups excluding carboxylic acids is 1. The number of nitrogens with one attached hydrogen (secondary N) is 1. The molecule has 1 saturated heterocycles. The molecule has 0 radical (unpaired) electrons. The molecule has 1 atom stereocenters. The lowest BCUT2D eigenvalue weighted by atomic mass is 10.0.